The Balaban J connectivity index is 0.762. The lowest BCUT2D eigenvalue weighted by molar-refractivity contribution is -0.336. The number of fused-ring (bicyclic) bond motifs is 13. The van der Waals surface area contributed by atoms with E-state index in [0.717, 1.165) is 86.1 Å². The van der Waals surface area contributed by atoms with Gasteiger partial charge in [-0.1, -0.05) is 57.9 Å². The van der Waals surface area contributed by atoms with E-state index in [2.05, 4.69) is 32.9 Å². The molecule has 0 radical (unpaired) electrons. The van der Waals surface area contributed by atoms with Crippen molar-refractivity contribution in [2.45, 2.75) is 192 Å². The molecule has 4 saturated heterocycles. The van der Waals surface area contributed by atoms with Crippen molar-refractivity contribution in [1.82, 2.24) is 9.97 Å². The molecule has 1 aromatic rings. The fourth-order valence-corrected chi connectivity index (χ4v) is 19.3. The summed E-state index contributed by atoms with van der Waals surface area (Å²) in [4.78, 5) is 26.1. The van der Waals surface area contributed by atoms with Gasteiger partial charge in [0.2, 0.25) is 5.79 Å². The smallest absolute Gasteiger partial charge is 0.201 e. The van der Waals surface area contributed by atoms with Crippen LogP contribution in [0, 0.1) is 74.9 Å². The van der Waals surface area contributed by atoms with Gasteiger partial charge in [-0.2, -0.15) is 0 Å². The highest BCUT2D eigenvalue weighted by Crippen LogP contribution is 2.72. The lowest BCUT2D eigenvalue weighted by Crippen LogP contribution is -2.65. The third kappa shape index (κ3) is 4.97. The van der Waals surface area contributed by atoms with E-state index in [1.165, 1.54) is 5.57 Å². The maximum atomic E-state index is 14.9. The average molecular weight is 911 g/mol. The average Bonchev–Trinajstić information content (AvgIpc) is 3.98. The van der Waals surface area contributed by atoms with Gasteiger partial charge >= 0.3 is 0 Å². The van der Waals surface area contributed by atoms with Crippen molar-refractivity contribution in [2.75, 3.05) is 13.2 Å². The van der Waals surface area contributed by atoms with Gasteiger partial charge in [0.05, 0.1) is 58.7 Å². The summed E-state index contributed by atoms with van der Waals surface area (Å²) in [6, 6.07) is 0. The lowest BCUT2D eigenvalue weighted by atomic mass is 9.44. The number of aromatic nitrogens is 2. The van der Waals surface area contributed by atoms with Gasteiger partial charge < -0.3 is 44.5 Å². The molecule has 1 aromatic heterocycles. The fourth-order valence-electron chi connectivity index (χ4n) is 19.3. The summed E-state index contributed by atoms with van der Waals surface area (Å²) in [5, 5.41) is 58.3. The molecule has 66 heavy (non-hydrogen) atoms. The highest BCUT2D eigenvalue weighted by Gasteiger charge is 2.79. The molecule has 12 nitrogen and oxygen atoms in total. The molecule has 360 valence electrons. The first-order chi connectivity index (χ1) is 31.0. The van der Waals surface area contributed by atoms with Gasteiger partial charge in [-0.15, -0.1) is 0 Å². The number of ketones is 1. The Morgan fingerprint density at radius 2 is 1.35 bits per heavy atom. The Morgan fingerprint density at radius 1 is 0.727 bits per heavy atom. The van der Waals surface area contributed by atoms with Crippen molar-refractivity contribution in [1.29, 1.82) is 0 Å². The summed E-state index contributed by atoms with van der Waals surface area (Å²) < 4.78 is 26.3. The number of nitrogens with zero attached hydrogens (tertiary/aromatic N) is 2. The minimum absolute atomic E-state index is 0.0632. The van der Waals surface area contributed by atoms with E-state index in [9.17, 15) is 30.3 Å². The van der Waals surface area contributed by atoms with E-state index >= 15 is 0 Å². The van der Waals surface area contributed by atoms with Crippen LogP contribution in [0.25, 0.3) is 0 Å². The Morgan fingerprint density at radius 3 is 1.95 bits per heavy atom. The number of hydrogen-bond acceptors (Lipinski definition) is 12. The van der Waals surface area contributed by atoms with Gasteiger partial charge in [-0.3, -0.25) is 14.8 Å². The van der Waals surface area contributed by atoms with E-state index in [1.807, 2.05) is 27.7 Å². The first kappa shape index (κ1) is 43.9. The van der Waals surface area contributed by atoms with Crippen LogP contribution in [0.2, 0.25) is 0 Å². The van der Waals surface area contributed by atoms with Crippen LogP contribution in [0.1, 0.15) is 136 Å². The SMILES string of the molecule is C[C@@H]1[C@@H]2CC=C3[C@H]4CCC5Cc6nc7c(nc6C[C@@]5(C)C4CC(=O)[C@]32CO[C@]12OC(C)(C)C[C@@H]2O)CC1CC[C@@H]2C3=C[C@H]4O[C@@]5(O[C@@](C)(CO)C[C@@H]5O)[C@@H](C)[C@@]4(O)[C@]3(C)[C@@H](O)CC2[C@]1(C)C7. The number of rotatable bonds is 1. The molecule has 21 atom stereocenters. The normalized spacial score (nSPS) is 56.8. The molecule has 0 aromatic carbocycles. The number of allylic oxidation sites excluding steroid dienone is 1. The maximum Gasteiger partial charge on any atom is 0.201 e. The second-order valence-electron chi connectivity index (χ2n) is 26.1. The van der Waals surface area contributed by atoms with Crippen molar-refractivity contribution in [3.05, 3.63) is 46.1 Å². The van der Waals surface area contributed by atoms with Crippen molar-refractivity contribution in [3.63, 3.8) is 0 Å². The molecule has 0 bridgehead atoms. The van der Waals surface area contributed by atoms with Crippen molar-refractivity contribution in [2.24, 2.45) is 74.9 Å². The third-order valence-electron chi connectivity index (χ3n) is 22.9. The van der Waals surface area contributed by atoms with E-state index in [1.54, 1.807) is 6.92 Å². The standard InChI is InChI=1S/C54H74N2O10/c1-26-32-13-14-33-30-11-9-28-15-37-40(21-49(28,7)35(30)18-42(59)51(32,33)25-63-53(26)43(60)22-46(3,4)65-53)56-38-16-29-10-12-31-34(48(29,6)20-39(38)55-37)17-41(58)50(8)36(31)19-45-52(50,62)27(2)54(64-45)44(61)23-47(5,24-57)66-54/h14,19,26-32,34-35,41,43-45,57-58,60-62H,9-13,15-18,20-25H2,1-8H3/t26-,27+,28?,29?,30-,31+,32+,34?,35?,41+,43+,44+,45-,47-,48-,49-,50+,51+,52+,53+,54-/m1/s1. The highest BCUT2D eigenvalue weighted by molar-refractivity contribution is 5.91. The zero-order chi connectivity index (χ0) is 46.3. The molecule has 4 saturated carbocycles. The first-order valence-corrected chi connectivity index (χ1v) is 26.0. The van der Waals surface area contributed by atoms with Gasteiger partial charge in [0.1, 0.15) is 29.7 Å². The van der Waals surface area contributed by atoms with Crippen LogP contribution < -0.4 is 0 Å². The maximum absolute atomic E-state index is 14.9. The monoisotopic (exact) mass is 911 g/mol. The van der Waals surface area contributed by atoms with Crippen molar-refractivity contribution >= 4 is 5.78 Å². The molecule has 8 fully saturated rings. The predicted molar refractivity (Wildman–Crippen MR) is 240 cm³/mol. The van der Waals surface area contributed by atoms with Crippen LogP contribution in [0.15, 0.2) is 23.3 Å². The second kappa shape index (κ2) is 13.2. The van der Waals surface area contributed by atoms with Crippen LogP contribution in [-0.2, 0) is 49.4 Å². The summed E-state index contributed by atoms with van der Waals surface area (Å²) in [6.07, 6.45) is 11.4. The van der Waals surface area contributed by atoms with E-state index < -0.39 is 69.5 Å². The Bertz CT molecular complexity index is 2390. The number of aliphatic hydroxyl groups excluding tert-OH is 4. The van der Waals surface area contributed by atoms with Gasteiger partial charge in [0.15, 0.2) is 5.79 Å². The van der Waals surface area contributed by atoms with Gasteiger partial charge in [0.25, 0.3) is 0 Å². The molecular weight excluding hydrogens is 837 g/mol. The largest absolute Gasteiger partial charge is 0.393 e. The minimum Gasteiger partial charge on any atom is -0.393 e. The summed E-state index contributed by atoms with van der Waals surface area (Å²) in [5.41, 5.74) is 2.15. The van der Waals surface area contributed by atoms with Crippen LogP contribution in [-0.4, -0.2) is 107 Å². The molecule has 5 heterocycles. The predicted octanol–water partition coefficient (Wildman–Crippen LogP) is 5.50. The van der Waals surface area contributed by atoms with Gasteiger partial charge in [-0.05, 0) is 137 Å². The van der Waals surface area contributed by atoms with Crippen LogP contribution in [0.4, 0.5) is 0 Å². The molecule has 0 amide bonds. The molecule has 3 spiro atoms. The van der Waals surface area contributed by atoms with Crippen molar-refractivity contribution < 1.29 is 49.3 Å². The number of carbonyl (C=O) groups excluding carboxylic acids is 1. The van der Waals surface area contributed by atoms with Crippen LogP contribution in [0.5, 0.6) is 0 Å². The Hall–Kier alpha value is -2.13. The van der Waals surface area contributed by atoms with Crippen LogP contribution >= 0.6 is 0 Å². The molecule has 4 aliphatic heterocycles. The summed E-state index contributed by atoms with van der Waals surface area (Å²) >= 11 is 0. The number of hydrogen-bond donors (Lipinski definition) is 5. The van der Waals surface area contributed by atoms with Gasteiger partial charge in [-0.25, -0.2) is 0 Å². The minimum atomic E-state index is -1.49. The van der Waals surface area contributed by atoms with E-state index in [0.29, 0.717) is 49.4 Å². The second-order valence-corrected chi connectivity index (χ2v) is 26.1. The van der Waals surface area contributed by atoms with E-state index in [-0.39, 0.29) is 53.4 Å². The quantitative estimate of drug-likeness (QED) is 0.224. The number of Topliss-reactive ketones (excluding diaryl/α,β-unsaturated/α-hetero) is 1. The number of carbonyl (C=O) groups is 1. The van der Waals surface area contributed by atoms with Crippen LogP contribution in [0.3, 0.4) is 0 Å². The topological polar surface area (TPSA) is 181 Å². The molecule has 5 N–H and O–H groups in total. The summed E-state index contributed by atoms with van der Waals surface area (Å²) in [6.45, 7) is 16.8. The lowest BCUT2D eigenvalue weighted by Gasteiger charge is -2.61. The molecule has 12 heteroatoms. The highest BCUT2D eigenvalue weighted by atomic mass is 16.7. The Kier molecular flexibility index (Phi) is 8.79. The molecule has 4 unspecified atom stereocenters. The van der Waals surface area contributed by atoms with E-state index in [4.69, 9.17) is 28.9 Å². The number of aliphatic hydroxyl groups is 5. The third-order valence-corrected chi connectivity index (χ3v) is 22.9. The number of ether oxygens (including phenoxy) is 4. The molecule has 12 aliphatic rings. The molecular formula is C54H74N2O10. The van der Waals surface area contributed by atoms with Crippen molar-refractivity contribution in [3.8, 4) is 0 Å². The zero-order valence-electron chi connectivity index (χ0n) is 40.4. The zero-order valence-corrected chi connectivity index (χ0v) is 40.4. The molecule has 8 aliphatic carbocycles. The van der Waals surface area contributed by atoms with Gasteiger partial charge in [0, 0.05) is 36.5 Å². The molecule has 13 rings (SSSR count). The first-order valence-electron chi connectivity index (χ1n) is 26.0. The summed E-state index contributed by atoms with van der Waals surface area (Å²) in [5.74, 6) is -1.19. The fraction of sp³-hybridized carbons (Fsp3) is 0.833. The Labute approximate surface area is 389 Å². The summed E-state index contributed by atoms with van der Waals surface area (Å²) in [7, 11) is 0.